The fraction of sp³-hybridized carbons (Fsp3) is 0.115. The van der Waals surface area contributed by atoms with E-state index >= 15 is 0 Å². The molecule has 0 unspecified atom stereocenters. The maximum absolute atomic E-state index is 13.6. The average Bonchev–Trinajstić information content (AvgIpc) is 2.86. The molecular weight excluding hydrogens is 479 g/mol. The number of aryl methyl sites for hydroxylation is 1. The quantitative estimate of drug-likeness (QED) is 0.222. The molecule has 1 amide bonds. The molecule has 0 aliphatic heterocycles. The van der Waals surface area contributed by atoms with Crippen LogP contribution in [0.5, 0.6) is 5.75 Å². The minimum absolute atomic E-state index is 0.147. The molecule has 10 heteroatoms. The van der Waals surface area contributed by atoms with Gasteiger partial charge in [0.1, 0.15) is 17.9 Å². The number of hydrogen-bond acceptors (Lipinski definition) is 6. The van der Waals surface area contributed by atoms with E-state index in [1.165, 1.54) is 18.2 Å². The number of amides is 1. The minimum Gasteiger partial charge on any atom is -0.489 e. The Kier molecular flexibility index (Phi) is 7.05. The van der Waals surface area contributed by atoms with Crippen molar-refractivity contribution in [2.24, 2.45) is 0 Å². The van der Waals surface area contributed by atoms with Gasteiger partial charge in [-0.05, 0) is 54.4 Å². The highest BCUT2D eigenvalue weighted by atomic mass is 19.2. The van der Waals surface area contributed by atoms with Crippen LogP contribution >= 0.6 is 0 Å². The monoisotopic (exact) mass is 497 g/mol. The summed E-state index contributed by atoms with van der Waals surface area (Å²) in [6, 6.07) is 14.3. The van der Waals surface area contributed by atoms with E-state index in [-0.39, 0.29) is 12.2 Å². The number of carbonyl (C=O) groups is 2. The van der Waals surface area contributed by atoms with Gasteiger partial charge >= 0.3 is 11.6 Å². The second-order valence-corrected chi connectivity index (χ2v) is 7.74. The maximum atomic E-state index is 13.6. The van der Waals surface area contributed by atoms with Gasteiger partial charge in [0.15, 0.2) is 24.1 Å². The molecule has 4 aromatic rings. The maximum Gasteiger partial charge on any atom is 0.338 e. The number of nitrogens with one attached hydrogen (secondary N) is 1. The highest BCUT2D eigenvalue weighted by Gasteiger charge is 2.16. The fourth-order valence-corrected chi connectivity index (χ4v) is 3.32. The van der Waals surface area contributed by atoms with Gasteiger partial charge in [0.25, 0.3) is 5.91 Å². The Labute approximate surface area is 202 Å². The predicted octanol–water partition coefficient (Wildman–Crippen LogP) is 4.89. The molecule has 0 saturated carbocycles. The van der Waals surface area contributed by atoms with Crippen molar-refractivity contribution in [3.63, 3.8) is 0 Å². The minimum atomic E-state index is -1.73. The molecule has 1 aromatic heterocycles. The lowest BCUT2D eigenvalue weighted by atomic mass is 10.1. The Hall–Kier alpha value is -4.60. The number of rotatable bonds is 7. The van der Waals surface area contributed by atoms with Crippen LogP contribution in [0.25, 0.3) is 11.0 Å². The van der Waals surface area contributed by atoms with Crippen molar-refractivity contribution in [2.75, 3.05) is 11.9 Å². The van der Waals surface area contributed by atoms with Gasteiger partial charge < -0.3 is 19.2 Å². The Balaban J connectivity index is 1.31. The third-order valence-corrected chi connectivity index (χ3v) is 5.16. The first kappa shape index (κ1) is 24.5. The smallest absolute Gasteiger partial charge is 0.338 e. The van der Waals surface area contributed by atoms with Gasteiger partial charge in [0, 0.05) is 17.5 Å². The lowest BCUT2D eigenvalue weighted by molar-refractivity contribution is -0.119. The summed E-state index contributed by atoms with van der Waals surface area (Å²) in [5, 5.41) is 2.80. The van der Waals surface area contributed by atoms with Crippen LogP contribution in [-0.4, -0.2) is 18.5 Å². The van der Waals surface area contributed by atoms with Crippen LogP contribution in [0.4, 0.5) is 18.9 Å². The summed E-state index contributed by atoms with van der Waals surface area (Å²) in [5.41, 5.74) is 1.05. The van der Waals surface area contributed by atoms with Crippen LogP contribution in [0, 0.1) is 24.4 Å². The molecule has 0 spiro atoms. The van der Waals surface area contributed by atoms with Crippen LogP contribution < -0.4 is 15.7 Å². The Morgan fingerprint density at radius 3 is 2.44 bits per heavy atom. The summed E-state index contributed by atoms with van der Waals surface area (Å²) in [6.45, 7) is 1.21. The molecule has 0 aliphatic rings. The van der Waals surface area contributed by atoms with Gasteiger partial charge in [0.2, 0.25) is 0 Å². The number of esters is 1. The molecule has 184 valence electrons. The Bertz CT molecular complexity index is 1520. The van der Waals surface area contributed by atoms with Gasteiger partial charge in [-0.25, -0.2) is 22.8 Å². The summed E-state index contributed by atoms with van der Waals surface area (Å²) in [5.74, 6) is -5.94. The van der Waals surface area contributed by atoms with E-state index in [9.17, 15) is 27.6 Å². The molecule has 0 bridgehead atoms. The molecule has 1 N–H and O–H groups in total. The zero-order chi connectivity index (χ0) is 25.8. The predicted molar refractivity (Wildman–Crippen MR) is 123 cm³/mol. The highest BCUT2D eigenvalue weighted by molar-refractivity contribution is 5.95. The standard InChI is InChI=1S/C26H18F3NO6/c1-14-10-23(32)36-21-11-17(6-7-18(14)21)34-12-15-2-4-16(5-3-15)26(33)35-13-22(31)30-20-9-8-19(27)24(28)25(20)29/h2-11H,12-13H2,1H3,(H,30,31). The van der Waals surface area contributed by atoms with Gasteiger partial charge in [-0.1, -0.05) is 12.1 Å². The van der Waals surface area contributed by atoms with E-state index in [0.717, 1.165) is 22.6 Å². The third-order valence-electron chi connectivity index (χ3n) is 5.16. The summed E-state index contributed by atoms with van der Waals surface area (Å²) >= 11 is 0. The molecule has 0 saturated heterocycles. The van der Waals surface area contributed by atoms with Crippen molar-refractivity contribution in [2.45, 2.75) is 13.5 Å². The normalized spacial score (nSPS) is 10.8. The average molecular weight is 497 g/mol. The van der Waals surface area contributed by atoms with Crippen LogP contribution in [0.15, 0.2) is 69.9 Å². The van der Waals surface area contributed by atoms with Crippen molar-refractivity contribution in [1.29, 1.82) is 0 Å². The number of carbonyl (C=O) groups excluding carboxylic acids is 2. The van der Waals surface area contributed by atoms with Crippen molar-refractivity contribution in [3.05, 3.63) is 105 Å². The van der Waals surface area contributed by atoms with E-state index in [4.69, 9.17) is 13.9 Å². The first-order valence-electron chi connectivity index (χ1n) is 10.6. The number of hydrogen-bond donors (Lipinski definition) is 1. The van der Waals surface area contributed by atoms with Gasteiger partial charge in [-0.2, -0.15) is 0 Å². The van der Waals surface area contributed by atoms with Crippen LogP contribution in [0.2, 0.25) is 0 Å². The van der Waals surface area contributed by atoms with Crippen molar-refractivity contribution < 1.29 is 36.7 Å². The third kappa shape index (κ3) is 5.54. The van der Waals surface area contributed by atoms with E-state index < -0.39 is 47.2 Å². The molecule has 7 nitrogen and oxygen atoms in total. The summed E-state index contributed by atoms with van der Waals surface area (Å²) in [4.78, 5) is 35.6. The van der Waals surface area contributed by atoms with Gasteiger partial charge in [-0.3, -0.25) is 4.79 Å². The van der Waals surface area contributed by atoms with Crippen LogP contribution in [0.3, 0.4) is 0 Å². The Morgan fingerprint density at radius 1 is 0.944 bits per heavy atom. The Morgan fingerprint density at radius 2 is 1.69 bits per heavy atom. The molecule has 36 heavy (non-hydrogen) atoms. The van der Waals surface area contributed by atoms with Crippen molar-refractivity contribution in [3.8, 4) is 5.75 Å². The van der Waals surface area contributed by atoms with Gasteiger partial charge in [0.05, 0.1) is 11.3 Å². The zero-order valence-electron chi connectivity index (χ0n) is 18.8. The summed E-state index contributed by atoms with van der Waals surface area (Å²) in [6.07, 6.45) is 0. The number of ether oxygens (including phenoxy) is 2. The molecule has 1 heterocycles. The summed E-state index contributed by atoms with van der Waals surface area (Å²) < 4.78 is 55.6. The SMILES string of the molecule is Cc1cc(=O)oc2cc(OCc3ccc(C(=O)OCC(=O)Nc4ccc(F)c(F)c4F)cc3)ccc12. The number of anilines is 1. The van der Waals surface area contributed by atoms with E-state index in [1.54, 1.807) is 30.3 Å². The van der Waals surface area contributed by atoms with Crippen molar-refractivity contribution >= 4 is 28.5 Å². The number of halogens is 3. The largest absolute Gasteiger partial charge is 0.489 e. The first-order valence-corrected chi connectivity index (χ1v) is 10.6. The molecule has 0 fully saturated rings. The lowest BCUT2D eigenvalue weighted by Gasteiger charge is -2.09. The number of fused-ring (bicyclic) bond motifs is 1. The molecule has 3 aromatic carbocycles. The van der Waals surface area contributed by atoms with Crippen molar-refractivity contribution in [1.82, 2.24) is 0 Å². The summed E-state index contributed by atoms with van der Waals surface area (Å²) in [7, 11) is 0. The lowest BCUT2D eigenvalue weighted by Crippen LogP contribution is -2.21. The molecule has 0 radical (unpaired) electrons. The second-order valence-electron chi connectivity index (χ2n) is 7.74. The van der Waals surface area contributed by atoms with E-state index in [2.05, 4.69) is 0 Å². The van der Waals surface area contributed by atoms with Crippen LogP contribution in [-0.2, 0) is 16.1 Å². The molecule has 0 atom stereocenters. The molecule has 0 aliphatic carbocycles. The zero-order valence-corrected chi connectivity index (χ0v) is 18.8. The highest BCUT2D eigenvalue weighted by Crippen LogP contribution is 2.23. The fourth-order valence-electron chi connectivity index (χ4n) is 3.32. The van der Waals surface area contributed by atoms with Crippen LogP contribution in [0.1, 0.15) is 21.5 Å². The molecule has 4 rings (SSSR count). The van der Waals surface area contributed by atoms with E-state index in [1.807, 2.05) is 12.2 Å². The molecular formula is C26H18F3NO6. The topological polar surface area (TPSA) is 94.8 Å². The number of benzene rings is 3. The second kappa shape index (κ2) is 10.3. The van der Waals surface area contributed by atoms with E-state index in [0.29, 0.717) is 17.4 Å². The first-order chi connectivity index (χ1) is 17.2. The van der Waals surface area contributed by atoms with Gasteiger partial charge in [-0.15, -0.1) is 0 Å².